The van der Waals surface area contributed by atoms with Gasteiger partial charge in [-0.05, 0) is 29.9 Å². The van der Waals surface area contributed by atoms with Gasteiger partial charge in [0.2, 0.25) is 0 Å². The Kier molecular flexibility index (Phi) is 4.53. The van der Waals surface area contributed by atoms with Gasteiger partial charge in [-0.25, -0.2) is 0 Å². The standard InChI is InChI=1S/C17H22BrNO2/c18-11-17(8-4-1-5-9-17)12-19-16(20)15-10-13-6-2-3-7-14(13)21-15/h2-3,6-7,15H,1,4-5,8-12H2,(H,19,20). The summed E-state index contributed by atoms with van der Waals surface area (Å²) in [5.74, 6) is 0.877. The maximum Gasteiger partial charge on any atom is 0.261 e. The zero-order chi connectivity index (χ0) is 14.7. The van der Waals surface area contributed by atoms with Crippen LogP contribution >= 0.6 is 15.9 Å². The van der Waals surface area contributed by atoms with Crippen molar-refractivity contribution in [3.63, 3.8) is 0 Å². The number of carbonyl (C=O) groups excluding carboxylic acids is 1. The summed E-state index contributed by atoms with van der Waals surface area (Å²) in [5, 5.41) is 4.09. The Bertz CT molecular complexity index is 486. The first-order chi connectivity index (χ1) is 10.2. The van der Waals surface area contributed by atoms with Crippen LogP contribution in [0.25, 0.3) is 0 Å². The summed E-state index contributed by atoms with van der Waals surface area (Å²) in [6, 6.07) is 7.90. The molecule has 3 nitrogen and oxygen atoms in total. The van der Waals surface area contributed by atoms with Crippen LogP contribution in [0.3, 0.4) is 0 Å². The average molecular weight is 352 g/mol. The Morgan fingerprint density at radius 2 is 2.05 bits per heavy atom. The van der Waals surface area contributed by atoms with Crippen molar-refractivity contribution in [2.45, 2.75) is 44.6 Å². The zero-order valence-corrected chi connectivity index (χ0v) is 13.8. The van der Waals surface area contributed by atoms with Crippen molar-refractivity contribution in [3.8, 4) is 5.75 Å². The SMILES string of the molecule is O=C(NCC1(CBr)CCCCC1)C1Cc2ccccc2O1. The van der Waals surface area contributed by atoms with Gasteiger partial charge < -0.3 is 10.1 Å². The molecule has 0 spiro atoms. The second kappa shape index (κ2) is 6.39. The lowest BCUT2D eigenvalue weighted by Gasteiger charge is -2.36. The summed E-state index contributed by atoms with van der Waals surface area (Å²) in [5.41, 5.74) is 1.37. The van der Waals surface area contributed by atoms with E-state index in [4.69, 9.17) is 4.74 Å². The molecule has 1 aromatic rings. The van der Waals surface area contributed by atoms with Crippen molar-refractivity contribution in [2.24, 2.45) is 5.41 Å². The van der Waals surface area contributed by atoms with E-state index < -0.39 is 0 Å². The van der Waals surface area contributed by atoms with E-state index in [1.807, 2.05) is 24.3 Å². The fourth-order valence-corrected chi connectivity index (χ4v) is 4.14. The molecular weight excluding hydrogens is 330 g/mol. The van der Waals surface area contributed by atoms with Gasteiger partial charge in [0, 0.05) is 18.3 Å². The Labute approximate surface area is 134 Å². The van der Waals surface area contributed by atoms with Crippen LogP contribution in [0.5, 0.6) is 5.75 Å². The molecule has 2 aliphatic rings. The van der Waals surface area contributed by atoms with E-state index in [2.05, 4.69) is 21.2 Å². The Morgan fingerprint density at radius 1 is 1.29 bits per heavy atom. The van der Waals surface area contributed by atoms with Gasteiger partial charge in [0.1, 0.15) is 5.75 Å². The smallest absolute Gasteiger partial charge is 0.261 e. The quantitative estimate of drug-likeness (QED) is 0.843. The molecule has 1 unspecified atom stereocenters. The van der Waals surface area contributed by atoms with Crippen molar-refractivity contribution in [1.29, 1.82) is 0 Å². The van der Waals surface area contributed by atoms with Crippen LogP contribution in [-0.2, 0) is 11.2 Å². The highest BCUT2D eigenvalue weighted by Gasteiger charge is 2.34. The van der Waals surface area contributed by atoms with Crippen molar-refractivity contribution in [3.05, 3.63) is 29.8 Å². The van der Waals surface area contributed by atoms with Gasteiger partial charge in [-0.2, -0.15) is 0 Å². The molecule has 0 saturated heterocycles. The number of hydrogen-bond donors (Lipinski definition) is 1. The summed E-state index contributed by atoms with van der Waals surface area (Å²) in [6.07, 6.45) is 6.58. The molecule has 1 aliphatic carbocycles. The predicted octanol–water partition coefficient (Wildman–Crippen LogP) is 3.45. The summed E-state index contributed by atoms with van der Waals surface area (Å²) in [6.45, 7) is 0.757. The van der Waals surface area contributed by atoms with E-state index in [0.717, 1.165) is 23.2 Å². The maximum absolute atomic E-state index is 12.4. The number of nitrogens with one attached hydrogen (secondary N) is 1. The van der Waals surface area contributed by atoms with Gasteiger partial charge >= 0.3 is 0 Å². The van der Waals surface area contributed by atoms with Crippen LogP contribution in [0.15, 0.2) is 24.3 Å². The third-order valence-electron chi connectivity index (χ3n) is 4.77. The van der Waals surface area contributed by atoms with E-state index in [-0.39, 0.29) is 17.4 Å². The number of amides is 1. The highest BCUT2D eigenvalue weighted by Crippen LogP contribution is 2.37. The normalized spacial score (nSPS) is 23.2. The highest BCUT2D eigenvalue weighted by molar-refractivity contribution is 9.09. The molecule has 1 saturated carbocycles. The monoisotopic (exact) mass is 351 g/mol. The molecule has 1 heterocycles. The first-order valence-electron chi connectivity index (χ1n) is 7.81. The molecule has 1 atom stereocenters. The molecule has 1 aromatic carbocycles. The van der Waals surface area contributed by atoms with Crippen LogP contribution in [0.4, 0.5) is 0 Å². The summed E-state index contributed by atoms with van der Waals surface area (Å²) >= 11 is 3.64. The second-order valence-corrected chi connectivity index (χ2v) is 6.89. The van der Waals surface area contributed by atoms with Crippen LogP contribution < -0.4 is 10.1 Å². The van der Waals surface area contributed by atoms with Crippen LogP contribution in [-0.4, -0.2) is 23.9 Å². The number of benzene rings is 1. The molecule has 1 aliphatic heterocycles. The second-order valence-electron chi connectivity index (χ2n) is 6.33. The van der Waals surface area contributed by atoms with Crippen molar-refractivity contribution in [1.82, 2.24) is 5.32 Å². The first-order valence-corrected chi connectivity index (χ1v) is 8.93. The van der Waals surface area contributed by atoms with E-state index in [1.165, 1.54) is 32.1 Å². The number of halogens is 1. The lowest BCUT2D eigenvalue weighted by Crippen LogP contribution is -2.45. The molecule has 3 rings (SSSR count). The highest BCUT2D eigenvalue weighted by atomic mass is 79.9. The summed E-state index contributed by atoms with van der Waals surface area (Å²) in [4.78, 5) is 12.4. The molecule has 1 amide bonds. The number of carbonyl (C=O) groups is 1. The average Bonchev–Trinajstić information content (AvgIpc) is 2.97. The van der Waals surface area contributed by atoms with E-state index in [0.29, 0.717) is 6.42 Å². The Balaban J connectivity index is 1.55. The lowest BCUT2D eigenvalue weighted by molar-refractivity contribution is -0.127. The van der Waals surface area contributed by atoms with Crippen LogP contribution in [0.2, 0.25) is 0 Å². The first kappa shape index (κ1) is 14.9. The molecule has 1 N–H and O–H groups in total. The number of alkyl halides is 1. The van der Waals surface area contributed by atoms with Crippen molar-refractivity contribution in [2.75, 3.05) is 11.9 Å². The number of ether oxygens (including phenoxy) is 1. The van der Waals surface area contributed by atoms with Gasteiger partial charge in [0.25, 0.3) is 5.91 Å². The summed E-state index contributed by atoms with van der Waals surface area (Å²) in [7, 11) is 0. The topological polar surface area (TPSA) is 38.3 Å². The minimum atomic E-state index is -0.363. The van der Waals surface area contributed by atoms with Crippen molar-refractivity contribution >= 4 is 21.8 Å². The van der Waals surface area contributed by atoms with Gasteiger partial charge in [-0.3, -0.25) is 4.79 Å². The third-order valence-corrected chi connectivity index (χ3v) is 5.96. The zero-order valence-electron chi connectivity index (χ0n) is 12.2. The summed E-state index contributed by atoms with van der Waals surface area (Å²) < 4.78 is 5.75. The van der Waals surface area contributed by atoms with Gasteiger partial charge in [0.15, 0.2) is 6.10 Å². The van der Waals surface area contributed by atoms with Crippen LogP contribution in [0.1, 0.15) is 37.7 Å². The maximum atomic E-state index is 12.4. The molecule has 0 bridgehead atoms. The molecule has 0 aromatic heterocycles. The number of fused-ring (bicyclic) bond motifs is 1. The molecule has 0 radical (unpaired) electrons. The number of para-hydroxylation sites is 1. The van der Waals surface area contributed by atoms with E-state index >= 15 is 0 Å². The van der Waals surface area contributed by atoms with Gasteiger partial charge in [-0.1, -0.05) is 53.4 Å². The fourth-order valence-electron chi connectivity index (χ4n) is 3.38. The molecule has 114 valence electrons. The van der Waals surface area contributed by atoms with Gasteiger partial charge in [0.05, 0.1) is 0 Å². The lowest BCUT2D eigenvalue weighted by atomic mass is 9.75. The van der Waals surface area contributed by atoms with E-state index in [1.54, 1.807) is 0 Å². The van der Waals surface area contributed by atoms with Gasteiger partial charge in [-0.15, -0.1) is 0 Å². The molecule has 1 fully saturated rings. The largest absolute Gasteiger partial charge is 0.480 e. The molecule has 4 heteroatoms. The fraction of sp³-hybridized carbons (Fsp3) is 0.588. The third kappa shape index (κ3) is 3.25. The van der Waals surface area contributed by atoms with Crippen molar-refractivity contribution < 1.29 is 9.53 Å². The minimum absolute atomic E-state index is 0.0251. The number of hydrogen-bond acceptors (Lipinski definition) is 2. The predicted molar refractivity (Wildman–Crippen MR) is 86.9 cm³/mol. The number of rotatable bonds is 4. The van der Waals surface area contributed by atoms with Crippen LogP contribution in [0, 0.1) is 5.41 Å². The Morgan fingerprint density at radius 3 is 2.76 bits per heavy atom. The minimum Gasteiger partial charge on any atom is -0.480 e. The molecular formula is C17H22BrNO2. The van der Waals surface area contributed by atoms with E-state index in [9.17, 15) is 4.79 Å². The Hall–Kier alpha value is -1.03. The molecule has 21 heavy (non-hydrogen) atoms.